The van der Waals surface area contributed by atoms with Crippen molar-refractivity contribution in [2.24, 2.45) is 5.92 Å². The zero-order chi connectivity index (χ0) is 27.5. The highest BCUT2D eigenvalue weighted by atomic mass is 32.2. The molecule has 0 bridgehead atoms. The molecule has 0 spiro atoms. The number of anilines is 1. The number of nitrogens with one attached hydrogen (secondary N) is 1. The molecule has 2 aromatic carbocycles. The third-order valence-corrected chi connectivity index (χ3v) is 8.17. The van der Waals surface area contributed by atoms with Crippen LogP contribution in [0.1, 0.15) is 76.6 Å². The van der Waals surface area contributed by atoms with Gasteiger partial charge in [0, 0.05) is 23.9 Å². The first-order valence-electron chi connectivity index (χ1n) is 12.7. The smallest absolute Gasteiger partial charge is 0.349 e. The number of benzene rings is 2. The number of carbonyl (C=O) groups is 2. The van der Waals surface area contributed by atoms with Crippen LogP contribution in [-0.4, -0.2) is 27.7 Å². The number of hydrogen-bond acceptors (Lipinski definition) is 6. The molecule has 2 aromatic rings. The van der Waals surface area contributed by atoms with Gasteiger partial charge in [-0.05, 0) is 71.6 Å². The number of carbonyl (C=O) groups excluding carboxylic acids is 2. The first-order chi connectivity index (χ1) is 17.3. The second-order valence-electron chi connectivity index (χ2n) is 11.2. The average molecular weight is 526 g/mol. The number of aryl methyl sites for hydroxylation is 2. The summed E-state index contributed by atoms with van der Waals surface area (Å²) in [6, 6.07) is 11.6. The number of rotatable bonds is 8. The minimum atomic E-state index is -0.814. The summed E-state index contributed by atoms with van der Waals surface area (Å²) in [4.78, 5) is 25.7. The summed E-state index contributed by atoms with van der Waals surface area (Å²) in [5.74, 6) is -0.572. The van der Waals surface area contributed by atoms with Gasteiger partial charge < -0.3 is 20.3 Å². The number of thioether (sulfide) groups is 1. The number of aliphatic hydroxyl groups excluding tert-OH is 2. The van der Waals surface area contributed by atoms with Gasteiger partial charge in [-0.3, -0.25) is 4.79 Å². The molecular formula is C30H39NO5S. The van der Waals surface area contributed by atoms with Crippen LogP contribution in [0.4, 0.5) is 5.69 Å². The van der Waals surface area contributed by atoms with E-state index in [-0.39, 0.29) is 40.9 Å². The molecule has 200 valence electrons. The van der Waals surface area contributed by atoms with E-state index >= 15 is 0 Å². The molecule has 1 aliphatic rings. The van der Waals surface area contributed by atoms with Gasteiger partial charge in [-0.25, -0.2) is 4.79 Å². The Hall–Kier alpha value is -2.77. The van der Waals surface area contributed by atoms with Crippen molar-refractivity contribution in [1.82, 2.24) is 0 Å². The molecule has 0 aromatic heterocycles. The van der Waals surface area contributed by atoms with Gasteiger partial charge >= 0.3 is 5.97 Å². The first-order valence-corrected chi connectivity index (χ1v) is 13.5. The van der Waals surface area contributed by atoms with Crippen LogP contribution in [0.5, 0.6) is 0 Å². The normalized spacial score (nSPS) is 18.2. The van der Waals surface area contributed by atoms with E-state index in [1.807, 2.05) is 57.2 Å². The summed E-state index contributed by atoms with van der Waals surface area (Å²) in [7, 11) is 0. The van der Waals surface area contributed by atoms with E-state index in [0.717, 1.165) is 32.8 Å². The van der Waals surface area contributed by atoms with Gasteiger partial charge in [0.1, 0.15) is 16.3 Å². The predicted octanol–water partition coefficient (Wildman–Crippen LogP) is 6.58. The minimum Gasteiger partial charge on any atom is -0.511 e. The quantitative estimate of drug-likeness (QED) is 0.337. The van der Waals surface area contributed by atoms with E-state index in [1.54, 1.807) is 0 Å². The highest BCUT2D eigenvalue weighted by Gasteiger charge is 2.44. The van der Waals surface area contributed by atoms with Crippen molar-refractivity contribution in [3.63, 3.8) is 0 Å². The maximum atomic E-state index is 13.3. The molecule has 0 unspecified atom stereocenters. The zero-order valence-electron chi connectivity index (χ0n) is 22.9. The fourth-order valence-electron chi connectivity index (χ4n) is 4.59. The highest BCUT2D eigenvalue weighted by molar-refractivity contribution is 8.04. The van der Waals surface area contributed by atoms with Crippen LogP contribution in [0, 0.1) is 12.8 Å². The van der Waals surface area contributed by atoms with Gasteiger partial charge in [-0.2, -0.15) is 0 Å². The predicted molar refractivity (Wildman–Crippen MR) is 149 cm³/mol. The van der Waals surface area contributed by atoms with Crippen molar-refractivity contribution in [3.05, 3.63) is 69.3 Å². The molecule has 0 saturated carbocycles. The van der Waals surface area contributed by atoms with Crippen LogP contribution in [0.25, 0.3) is 0 Å². The maximum Gasteiger partial charge on any atom is 0.349 e. The lowest BCUT2D eigenvalue weighted by atomic mass is 9.80. The summed E-state index contributed by atoms with van der Waals surface area (Å²) in [6.45, 7) is 13.6. The number of amides is 1. The molecule has 1 heterocycles. The van der Waals surface area contributed by atoms with Crippen molar-refractivity contribution in [3.8, 4) is 0 Å². The van der Waals surface area contributed by atoms with Gasteiger partial charge in [0.2, 0.25) is 5.91 Å². The lowest BCUT2D eigenvalue weighted by Crippen LogP contribution is -2.44. The maximum absolute atomic E-state index is 13.3. The Bertz CT molecular complexity index is 1190. The monoisotopic (exact) mass is 525 g/mol. The van der Waals surface area contributed by atoms with Crippen molar-refractivity contribution >= 4 is 29.3 Å². The summed E-state index contributed by atoms with van der Waals surface area (Å²) >= 11 is 1.24. The SMILES string of the molecule is CC(=O)Nc1ccc(CC[C@@]2(C(C)C)CC(O)=C(Sc3cc(C)c(CO)cc3C(C)(C)C)C(=O)O2)cc1. The Morgan fingerprint density at radius 3 is 2.35 bits per heavy atom. The van der Waals surface area contributed by atoms with E-state index in [2.05, 4.69) is 26.1 Å². The molecule has 1 amide bonds. The highest BCUT2D eigenvalue weighted by Crippen LogP contribution is 2.45. The van der Waals surface area contributed by atoms with Gasteiger partial charge in [0.05, 0.1) is 6.61 Å². The van der Waals surface area contributed by atoms with Gasteiger partial charge in [0.15, 0.2) is 0 Å². The number of aliphatic hydroxyl groups is 2. The summed E-state index contributed by atoms with van der Waals surface area (Å²) < 4.78 is 6.11. The Balaban J connectivity index is 1.85. The molecule has 6 nitrogen and oxygen atoms in total. The topological polar surface area (TPSA) is 95.9 Å². The Kier molecular flexibility index (Phi) is 8.81. The number of esters is 1. The molecule has 0 aliphatic carbocycles. The van der Waals surface area contributed by atoms with Crippen molar-refractivity contribution in [2.75, 3.05) is 5.32 Å². The van der Waals surface area contributed by atoms with Crippen LogP contribution in [0.15, 0.2) is 52.0 Å². The number of cyclic esters (lactones) is 1. The zero-order valence-corrected chi connectivity index (χ0v) is 23.7. The third kappa shape index (κ3) is 6.76. The van der Waals surface area contributed by atoms with Crippen LogP contribution in [0.3, 0.4) is 0 Å². The molecule has 1 aliphatic heterocycles. The molecule has 3 N–H and O–H groups in total. The standard InChI is InChI=1S/C30H39NO5S/c1-18(2)30(13-12-21-8-10-23(11-9-21)31-20(4)33)16-25(34)27(28(35)36-30)37-26-14-19(3)22(17-32)15-24(26)29(5,6)7/h8-11,14-15,18,32,34H,12-13,16-17H2,1-7H3,(H,31,33)/t30-/m0/s1. The van der Waals surface area contributed by atoms with Crippen LogP contribution in [-0.2, 0) is 32.8 Å². The van der Waals surface area contributed by atoms with Gasteiger partial charge in [-0.15, -0.1) is 0 Å². The molecular weight excluding hydrogens is 486 g/mol. The molecule has 0 fully saturated rings. The molecule has 37 heavy (non-hydrogen) atoms. The number of ether oxygens (including phenoxy) is 1. The lowest BCUT2D eigenvalue weighted by molar-refractivity contribution is -0.164. The summed E-state index contributed by atoms with van der Waals surface area (Å²) in [5.41, 5.74) is 3.55. The molecule has 0 saturated heterocycles. The Morgan fingerprint density at radius 1 is 1.19 bits per heavy atom. The second kappa shape index (κ2) is 11.3. The van der Waals surface area contributed by atoms with Crippen LogP contribution < -0.4 is 5.32 Å². The van der Waals surface area contributed by atoms with E-state index in [4.69, 9.17) is 4.74 Å². The van der Waals surface area contributed by atoms with E-state index in [0.29, 0.717) is 12.8 Å². The fraction of sp³-hybridized carbons (Fsp3) is 0.467. The largest absolute Gasteiger partial charge is 0.511 e. The van der Waals surface area contributed by atoms with Crippen LogP contribution >= 0.6 is 11.8 Å². The fourth-order valence-corrected chi connectivity index (χ4v) is 5.84. The molecule has 0 radical (unpaired) electrons. The minimum absolute atomic E-state index is 0.0000194. The summed E-state index contributed by atoms with van der Waals surface area (Å²) in [6.07, 6.45) is 1.48. The Labute approximate surface area is 224 Å². The first kappa shape index (κ1) is 28.8. The van der Waals surface area contributed by atoms with Crippen molar-refractivity contribution in [2.45, 2.75) is 90.2 Å². The average Bonchev–Trinajstić information content (AvgIpc) is 2.79. The van der Waals surface area contributed by atoms with Crippen molar-refractivity contribution < 1.29 is 24.5 Å². The molecule has 1 atom stereocenters. The van der Waals surface area contributed by atoms with Gasteiger partial charge in [-0.1, -0.05) is 64.6 Å². The van der Waals surface area contributed by atoms with E-state index < -0.39 is 11.6 Å². The van der Waals surface area contributed by atoms with E-state index in [1.165, 1.54) is 18.7 Å². The Morgan fingerprint density at radius 2 is 1.84 bits per heavy atom. The second-order valence-corrected chi connectivity index (χ2v) is 12.3. The van der Waals surface area contributed by atoms with E-state index in [9.17, 15) is 19.8 Å². The third-order valence-electron chi connectivity index (χ3n) is 7.00. The van der Waals surface area contributed by atoms with Crippen LogP contribution in [0.2, 0.25) is 0 Å². The molecule has 3 rings (SSSR count). The molecule has 7 heteroatoms. The summed E-state index contributed by atoms with van der Waals surface area (Å²) in [5, 5.41) is 23.7. The van der Waals surface area contributed by atoms with Gasteiger partial charge in [0.25, 0.3) is 0 Å². The lowest BCUT2D eigenvalue weighted by Gasteiger charge is -2.40. The number of hydrogen-bond donors (Lipinski definition) is 3. The van der Waals surface area contributed by atoms with Crippen molar-refractivity contribution in [1.29, 1.82) is 0 Å².